The zero-order chi connectivity index (χ0) is 20.2. The van der Waals surface area contributed by atoms with Gasteiger partial charge in [-0.3, -0.25) is 0 Å². The first-order valence-electron chi connectivity index (χ1n) is 9.36. The molecule has 1 unspecified atom stereocenters. The fraction of sp³-hybridized carbons (Fsp3) is 0.440. The molecular weight excluding hydrogens is 319 g/mol. The number of hydrogen-bond donors (Lipinski definition) is 0. The highest BCUT2D eigenvalue weighted by Gasteiger charge is 2.27. The molecule has 1 aliphatic carbocycles. The van der Waals surface area contributed by atoms with Gasteiger partial charge in [-0.05, 0) is 69.2 Å². The van der Waals surface area contributed by atoms with Gasteiger partial charge in [0.05, 0.1) is 0 Å². The van der Waals surface area contributed by atoms with E-state index in [0.717, 1.165) is 17.6 Å². The second-order valence-electron chi connectivity index (χ2n) is 8.24. The first-order valence-corrected chi connectivity index (χ1v) is 9.36. The molecule has 0 aromatic carbocycles. The second-order valence-corrected chi connectivity index (χ2v) is 8.24. The maximum atomic E-state index is 14.3. The van der Waals surface area contributed by atoms with Crippen molar-refractivity contribution in [3.05, 3.63) is 82.3 Å². The molecule has 0 heterocycles. The smallest absolute Gasteiger partial charge is 0.129 e. The summed E-state index contributed by atoms with van der Waals surface area (Å²) in [5.41, 5.74) is 6.63. The van der Waals surface area contributed by atoms with Crippen LogP contribution in [0.25, 0.3) is 0 Å². The number of halogens is 1. The first kappa shape index (κ1) is 22.2. The Bertz CT molecular complexity index is 745. The molecule has 1 atom stereocenters. The van der Waals surface area contributed by atoms with Gasteiger partial charge in [0.25, 0.3) is 0 Å². The summed E-state index contributed by atoms with van der Waals surface area (Å²) in [6.07, 6.45) is 9.90. The minimum Gasteiger partial charge on any atom is -0.206 e. The average Bonchev–Trinajstić information content (AvgIpc) is 2.52. The van der Waals surface area contributed by atoms with E-state index >= 15 is 0 Å². The van der Waals surface area contributed by atoms with E-state index in [1.54, 1.807) is 13.8 Å². The third-order valence-electron chi connectivity index (χ3n) is 5.38. The van der Waals surface area contributed by atoms with Crippen LogP contribution < -0.4 is 0 Å². The molecule has 1 aliphatic rings. The molecule has 0 spiro atoms. The molecule has 0 aliphatic heterocycles. The molecule has 0 fully saturated rings. The minimum atomic E-state index is -0.257. The molecule has 0 saturated heterocycles. The number of allylic oxidation sites excluding steroid dienone is 12. The van der Waals surface area contributed by atoms with Crippen LogP contribution in [-0.2, 0) is 0 Å². The Hall–Kier alpha value is -1.89. The molecule has 0 radical (unpaired) electrons. The van der Waals surface area contributed by atoms with Gasteiger partial charge in [0.15, 0.2) is 0 Å². The van der Waals surface area contributed by atoms with Crippen molar-refractivity contribution in [1.29, 1.82) is 0 Å². The van der Waals surface area contributed by atoms with Gasteiger partial charge in [0.2, 0.25) is 0 Å². The van der Waals surface area contributed by atoms with Crippen molar-refractivity contribution in [2.24, 2.45) is 11.3 Å². The van der Waals surface area contributed by atoms with Gasteiger partial charge in [-0.15, -0.1) is 0 Å². The topological polar surface area (TPSA) is 0 Å². The lowest BCUT2D eigenvalue weighted by atomic mass is 9.72. The quantitative estimate of drug-likeness (QED) is 0.422. The Kier molecular flexibility index (Phi) is 7.38. The second kappa shape index (κ2) is 8.66. The molecule has 0 saturated carbocycles. The zero-order valence-corrected chi connectivity index (χ0v) is 17.9. The molecule has 0 bridgehead atoms. The normalized spacial score (nSPS) is 20.3. The van der Waals surface area contributed by atoms with E-state index in [9.17, 15) is 4.39 Å². The van der Waals surface area contributed by atoms with E-state index in [1.807, 2.05) is 13.0 Å². The molecule has 0 aromatic rings. The Labute approximate surface area is 160 Å². The maximum absolute atomic E-state index is 14.3. The van der Waals surface area contributed by atoms with Gasteiger partial charge in [-0.2, -0.15) is 0 Å². The first-order chi connectivity index (χ1) is 11.9. The Morgan fingerprint density at radius 2 is 1.69 bits per heavy atom. The zero-order valence-electron chi connectivity index (χ0n) is 17.9. The van der Waals surface area contributed by atoms with Gasteiger partial charge in [0, 0.05) is 5.41 Å². The SMILES string of the molecule is C=C(C)C(=C/C=C(/C)C(C)(C)C1=CCC(C)C=C1C)/C(C)=C(/F)C(=C)C. The van der Waals surface area contributed by atoms with Crippen LogP contribution >= 0.6 is 0 Å². The molecule has 0 aromatic heterocycles. The van der Waals surface area contributed by atoms with Gasteiger partial charge >= 0.3 is 0 Å². The third-order valence-corrected chi connectivity index (χ3v) is 5.38. The lowest BCUT2D eigenvalue weighted by Crippen LogP contribution is -2.19. The third kappa shape index (κ3) is 5.06. The Balaban J connectivity index is 3.31. The van der Waals surface area contributed by atoms with Crippen LogP contribution in [0, 0.1) is 11.3 Å². The van der Waals surface area contributed by atoms with Crippen molar-refractivity contribution >= 4 is 0 Å². The van der Waals surface area contributed by atoms with E-state index in [0.29, 0.717) is 17.1 Å². The van der Waals surface area contributed by atoms with Crippen molar-refractivity contribution in [2.75, 3.05) is 0 Å². The predicted octanol–water partition coefficient (Wildman–Crippen LogP) is 8.19. The summed E-state index contributed by atoms with van der Waals surface area (Å²) in [7, 11) is 0. The fourth-order valence-corrected chi connectivity index (χ4v) is 3.45. The van der Waals surface area contributed by atoms with E-state index in [2.05, 4.69) is 66.0 Å². The van der Waals surface area contributed by atoms with Gasteiger partial charge in [-0.25, -0.2) is 4.39 Å². The summed E-state index contributed by atoms with van der Waals surface area (Å²) in [4.78, 5) is 0. The van der Waals surface area contributed by atoms with Crippen molar-refractivity contribution in [3.63, 3.8) is 0 Å². The molecule has 0 nitrogen and oxygen atoms in total. The Morgan fingerprint density at radius 1 is 1.12 bits per heavy atom. The highest BCUT2D eigenvalue weighted by atomic mass is 19.1. The molecule has 0 amide bonds. The van der Waals surface area contributed by atoms with Crippen LogP contribution in [0.15, 0.2) is 82.3 Å². The maximum Gasteiger partial charge on any atom is 0.129 e. The van der Waals surface area contributed by atoms with Crippen molar-refractivity contribution in [1.82, 2.24) is 0 Å². The van der Waals surface area contributed by atoms with Crippen LogP contribution in [0.1, 0.15) is 61.8 Å². The van der Waals surface area contributed by atoms with Crippen LogP contribution in [0.5, 0.6) is 0 Å². The summed E-state index contributed by atoms with van der Waals surface area (Å²) in [6.45, 7) is 24.2. The van der Waals surface area contributed by atoms with E-state index in [4.69, 9.17) is 0 Å². The molecule has 26 heavy (non-hydrogen) atoms. The number of hydrogen-bond acceptors (Lipinski definition) is 0. The van der Waals surface area contributed by atoms with E-state index in [1.165, 1.54) is 16.7 Å². The highest BCUT2D eigenvalue weighted by Crippen LogP contribution is 2.41. The molecular formula is C25H35F. The molecule has 1 rings (SSSR count). The molecule has 142 valence electrons. The van der Waals surface area contributed by atoms with Crippen LogP contribution in [0.2, 0.25) is 0 Å². The van der Waals surface area contributed by atoms with Crippen LogP contribution in [0.4, 0.5) is 4.39 Å². The van der Waals surface area contributed by atoms with E-state index in [-0.39, 0.29) is 11.2 Å². The summed E-state index contributed by atoms with van der Waals surface area (Å²) >= 11 is 0. The van der Waals surface area contributed by atoms with Gasteiger partial charge in [-0.1, -0.05) is 75.0 Å². The van der Waals surface area contributed by atoms with Gasteiger partial charge in [0.1, 0.15) is 5.83 Å². The summed E-state index contributed by atoms with van der Waals surface area (Å²) in [5, 5.41) is 0. The standard InChI is InChI=1S/C25H35F/c1-16(2)22(21(8)24(26)17(3)4)13-12-20(7)25(9,10)23-14-11-18(5)15-19(23)6/h12-15,18H,1,3,11H2,2,4-10H3/b20-12-,22-13-,24-21+. The van der Waals surface area contributed by atoms with Crippen molar-refractivity contribution < 1.29 is 4.39 Å². The lowest BCUT2D eigenvalue weighted by molar-refractivity contribution is 0.530. The van der Waals surface area contributed by atoms with Gasteiger partial charge < -0.3 is 0 Å². The van der Waals surface area contributed by atoms with E-state index < -0.39 is 0 Å². The Morgan fingerprint density at radius 3 is 2.15 bits per heavy atom. The van der Waals surface area contributed by atoms with Crippen LogP contribution in [-0.4, -0.2) is 0 Å². The van der Waals surface area contributed by atoms with Crippen LogP contribution in [0.3, 0.4) is 0 Å². The number of rotatable bonds is 6. The monoisotopic (exact) mass is 354 g/mol. The predicted molar refractivity (Wildman–Crippen MR) is 115 cm³/mol. The summed E-state index contributed by atoms with van der Waals surface area (Å²) < 4.78 is 14.3. The van der Waals surface area contributed by atoms with Crippen molar-refractivity contribution in [2.45, 2.75) is 61.8 Å². The lowest BCUT2D eigenvalue weighted by Gasteiger charge is -2.33. The summed E-state index contributed by atoms with van der Waals surface area (Å²) in [6, 6.07) is 0. The largest absolute Gasteiger partial charge is 0.206 e. The average molecular weight is 355 g/mol. The molecule has 1 heteroatoms. The van der Waals surface area contributed by atoms with Crippen molar-refractivity contribution in [3.8, 4) is 0 Å². The molecule has 0 N–H and O–H groups in total. The summed E-state index contributed by atoms with van der Waals surface area (Å²) in [5.74, 6) is 0.346. The minimum absolute atomic E-state index is 0.0675. The highest BCUT2D eigenvalue weighted by molar-refractivity contribution is 5.50. The fourth-order valence-electron chi connectivity index (χ4n) is 3.45.